The number of nitrogens with zero attached hydrogens (tertiary/aromatic N) is 1. The molecule has 0 radical (unpaired) electrons. The van der Waals surface area contributed by atoms with Gasteiger partial charge in [-0.15, -0.1) is 0 Å². The van der Waals surface area contributed by atoms with Crippen LogP contribution < -0.4 is 14.8 Å². The van der Waals surface area contributed by atoms with Crippen LogP contribution in [0.3, 0.4) is 0 Å². The largest absolute Gasteiger partial charge is 0.490 e. The van der Waals surface area contributed by atoms with E-state index in [-0.39, 0.29) is 35.5 Å². The first-order valence-electron chi connectivity index (χ1n) is 11.1. The molecule has 1 aromatic carbocycles. The number of carbonyl (C=O) groups excluding carboxylic acids is 2. The molecule has 178 valence electrons. The summed E-state index contributed by atoms with van der Waals surface area (Å²) in [6, 6.07) is 3.61. The number of piperazine rings is 1. The Labute approximate surface area is 188 Å². The molecule has 1 saturated heterocycles. The minimum absolute atomic E-state index is 0.0224. The van der Waals surface area contributed by atoms with Crippen LogP contribution >= 0.6 is 0 Å². The third kappa shape index (κ3) is 7.53. The lowest BCUT2D eigenvalue weighted by Gasteiger charge is -2.27. The van der Waals surface area contributed by atoms with Gasteiger partial charge in [-0.1, -0.05) is 12.8 Å². The Kier molecular flexibility index (Phi) is 7.89. The number of rotatable bonds is 12. The van der Waals surface area contributed by atoms with Crippen LogP contribution in [0.2, 0.25) is 0 Å². The molecule has 1 heterocycles. The van der Waals surface area contributed by atoms with Crippen molar-refractivity contribution in [1.82, 2.24) is 14.9 Å². The van der Waals surface area contributed by atoms with E-state index in [0.717, 1.165) is 38.2 Å². The maximum Gasteiger partial charge on any atom is 0.241 e. The van der Waals surface area contributed by atoms with Crippen LogP contribution in [0.1, 0.15) is 52.4 Å². The van der Waals surface area contributed by atoms with E-state index in [9.17, 15) is 22.4 Å². The molecule has 0 spiro atoms. The fourth-order valence-electron chi connectivity index (χ4n) is 3.66. The molecule has 8 nitrogen and oxygen atoms in total. The highest BCUT2D eigenvalue weighted by atomic mass is 32.2. The second kappa shape index (κ2) is 10.3. The zero-order valence-corrected chi connectivity index (χ0v) is 19.5. The summed E-state index contributed by atoms with van der Waals surface area (Å²) in [6.45, 7) is 5.11. The fraction of sp³-hybridized carbons (Fsp3) is 0.636. The lowest BCUT2D eigenvalue weighted by molar-refractivity contribution is -0.136. The van der Waals surface area contributed by atoms with Gasteiger partial charge >= 0.3 is 0 Å². The van der Waals surface area contributed by atoms with E-state index in [0.29, 0.717) is 25.5 Å². The Balaban J connectivity index is 1.46. The number of sulfonamides is 1. The molecule has 32 heavy (non-hydrogen) atoms. The summed E-state index contributed by atoms with van der Waals surface area (Å²) in [6.07, 6.45) is 5.15. The average molecular weight is 470 g/mol. The van der Waals surface area contributed by atoms with Crippen molar-refractivity contribution < 1.29 is 27.1 Å². The quantitative estimate of drug-likeness (QED) is 0.359. The molecule has 2 amide bonds. The van der Waals surface area contributed by atoms with Gasteiger partial charge in [0, 0.05) is 11.6 Å². The maximum absolute atomic E-state index is 14.0. The Morgan fingerprint density at radius 2 is 1.84 bits per heavy atom. The minimum Gasteiger partial charge on any atom is -0.490 e. The fourth-order valence-corrected chi connectivity index (χ4v) is 5.12. The van der Waals surface area contributed by atoms with Crippen molar-refractivity contribution in [3.63, 3.8) is 0 Å². The molecule has 2 fully saturated rings. The van der Waals surface area contributed by atoms with Gasteiger partial charge in [-0.25, -0.2) is 17.5 Å². The highest BCUT2D eigenvalue weighted by molar-refractivity contribution is 7.89. The number of carbonyl (C=O) groups is 2. The zero-order chi connectivity index (χ0) is 23.4. The van der Waals surface area contributed by atoms with E-state index in [1.807, 2.05) is 18.7 Å². The molecule has 2 N–H and O–H groups in total. The molecular formula is C22H32FN3O5S. The van der Waals surface area contributed by atoms with E-state index in [4.69, 9.17) is 4.74 Å². The second-order valence-corrected chi connectivity index (χ2v) is 11.0. The van der Waals surface area contributed by atoms with Crippen molar-refractivity contribution in [2.75, 3.05) is 26.2 Å². The van der Waals surface area contributed by atoms with Crippen molar-refractivity contribution in [1.29, 1.82) is 0 Å². The average Bonchev–Trinajstić information content (AvgIpc) is 3.49. The predicted molar refractivity (Wildman–Crippen MR) is 117 cm³/mol. The van der Waals surface area contributed by atoms with Gasteiger partial charge < -0.3 is 4.74 Å². The predicted octanol–water partition coefficient (Wildman–Crippen LogP) is 2.19. The summed E-state index contributed by atoms with van der Waals surface area (Å²) in [4.78, 5) is 24.6. The molecule has 3 rings (SSSR count). The van der Waals surface area contributed by atoms with Crippen LogP contribution in [0.5, 0.6) is 5.75 Å². The molecule has 0 atom stereocenters. The molecule has 1 saturated carbocycles. The number of amides is 2. The summed E-state index contributed by atoms with van der Waals surface area (Å²) in [5.41, 5.74) is -0.691. The first kappa shape index (κ1) is 24.6. The summed E-state index contributed by atoms with van der Waals surface area (Å²) < 4.78 is 47.9. The SMILES string of the molecule is CC(C)(CCCCCN1CC(=O)NC(=O)C1)NS(=O)(=O)c1ccc(F)c(OCC2CC2)c1. The topological polar surface area (TPSA) is 105 Å². The van der Waals surface area contributed by atoms with Gasteiger partial charge in [0.2, 0.25) is 21.8 Å². The standard InChI is InChI=1S/C22H32FN3O5S/c1-22(2,10-4-3-5-11-26-13-20(27)24-21(28)14-26)25-32(29,30)17-8-9-18(23)19(12-17)31-15-16-6-7-16/h8-9,12,16,25H,3-7,10-11,13-15H2,1-2H3,(H,24,27,28). The summed E-state index contributed by atoms with van der Waals surface area (Å²) in [5.74, 6) is -0.740. The molecule has 10 heteroatoms. The molecular weight excluding hydrogens is 437 g/mol. The van der Waals surface area contributed by atoms with Crippen molar-refractivity contribution in [3.05, 3.63) is 24.0 Å². The third-order valence-electron chi connectivity index (χ3n) is 5.58. The van der Waals surface area contributed by atoms with Crippen LogP contribution in [0, 0.1) is 11.7 Å². The van der Waals surface area contributed by atoms with Crippen molar-refractivity contribution in [2.45, 2.75) is 62.8 Å². The lowest BCUT2D eigenvalue weighted by atomic mass is 9.98. The van der Waals surface area contributed by atoms with E-state index >= 15 is 0 Å². The number of imide groups is 1. The normalized spacial score (nSPS) is 18.0. The number of unbranched alkanes of at least 4 members (excludes halogenated alkanes) is 2. The first-order chi connectivity index (χ1) is 15.0. The van der Waals surface area contributed by atoms with E-state index in [1.165, 1.54) is 12.1 Å². The van der Waals surface area contributed by atoms with Gasteiger partial charge in [-0.2, -0.15) is 0 Å². The summed E-state index contributed by atoms with van der Waals surface area (Å²) in [5, 5.41) is 2.27. The van der Waals surface area contributed by atoms with Crippen molar-refractivity contribution >= 4 is 21.8 Å². The van der Waals surface area contributed by atoms with E-state index in [2.05, 4.69) is 10.0 Å². The van der Waals surface area contributed by atoms with Gasteiger partial charge in [-0.05, 0) is 64.1 Å². The Hall–Kier alpha value is -2.04. The Morgan fingerprint density at radius 3 is 2.50 bits per heavy atom. The number of hydrogen-bond donors (Lipinski definition) is 2. The molecule has 2 aliphatic rings. The van der Waals surface area contributed by atoms with Gasteiger partial charge in [0.25, 0.3) is 0 Å². The summed E-state index contributed by atoms with van der Waals surface area (Å²) >= 11 is 0. The molecule has 1 aliphatic heterocycles. The lowest BCUT2D eigenvalue weighted by Crippen LogP contribution is -2.51. The highest BCUT2D eigenvalue weighted by Crippen LogP contribution is 2.31. The molecule has 0 aromatic heterocycles. The first-order valence-corrected chi connectivity index (χ1v) is 12.5. The third-order valence-corrected chi connectivity index (χ3v) is 7.28. The van der Waals surface area contributed by atoms with E-state index < -0.39 is 21.4 Å². The van der Waals surface area contributed by atoms with Crippen molar-refractivity contribution in [3.8, 4) is 5.75 Å². The summed E-state index contributed by atoms with van der Waals surface area (Å²) in [7, 11) is -3.84. The monoisotopic (exact) mass is 469 g/mol. The number of halogens is 1. The van der Waals surface area contributed by atoms with Crippen molar-refractivity contribution in [2.24, 2.45) is 5.92 Å². The zero-order valence-electron chi connectivity index (χ0n) is 18.7. The number of nitrogens with one attached hydrogen (secondary N) is 2. The number of benzene rings is 1. The van der Waals surface area contributed by atoms with Crippen LogP contribution in [-0.2, 0) is 19.6 Å². The molecule has 1 aromatic rings. The molecule has 1 aliphatic carbocycles. The van der Waals surface area contributed by atoms with E-state index in [1.54, 1.807) is 0 Å². The highest BCUT2D eigenvalue weighted by Gasteiger charge is 2.28. The van der Waals surface area contributed by atoms with Gasteiger partial charge in [0.05, 0.1) is 24.6 Å². The smallest absolute Gasteiger partial charge is 0.241 e. The second-order valence-electron chi connectivity index (χ2n) is 9.33. The Bertz CT molecular complexity index is 931. The van der Waals surface area contributed by atoms with Crippen LogP contribution in [0.25, 0.3) is 0 Å². The number of hydrogen-bond acceptors (Lipinski definition) is 6. The molecule has 0 unspecified atom stereocenters. The maximum atomic E-state index is 14.0. The molecule has 0 bridgehead atoms. The van der Waals surface area contributed by atoms with Gasteiger partial charge in [0.1, 0.15) is 0 Å². The van der Waals surface area contributed by atoms with Gasteiger partial charge in [0.15, 0.2) is 11.6 Å². The van der Waals surface area contributed by atoms with Crippen LogP contribution in [0.15, 0.2) is 23.1 Å². The number of ether oxygens (including phenoxy) is 1. The van der Waals surface area contributed by atoms with Gasteiger partial charge in [-0.3, -0.25) is 19.8 Å². The minimum atomic E-state index is -3.84. The van der Waals surface area contributed by atoms with Crippen LogP contribution in [-0.4, -0.2) is 56.9 Å². The Morgan fingerprint density at radius 1 is 1.16 bits per heavy atom. The van der Waals surface area contributed by atoms with Crippen LogP contribution in [0.4, 0.5) is 4.39 Å².